The first-order valence-electron chi connectivity index (χ1n) is 7.84. The number of hydrogen-bond acceptors (Lipinski definition) is 3. The number of aromatic nitrogens is 2. The fraction of sp³-hybridized carbons (Fsp3) is 0.412. The summed E-state index contributed by atoms with van der Waals surface area (Å²) in [6.07, 6.45) is -5.00. The first-order valence-corrected chi connectivity index (χ1v) is 7.84. The van der Waals surface area contributed by atoms with Crippen molar-refractivity contribution in [2.24, 2.45) is 7.05 Å². The molecule has 0 aliphatic rings. The number of carbonyl (C=O) groups is 1. The molecule has 0 saturated heterocycles. The third-order valence-electron chi connectivity index (χ3n) is 4.48. The maximum atomic E-state index is 12.7. The lowest BCUT2D eigenvalue weighted by molar-refractivity contribution is -0.188. The molecule has 0 saturated carbocycles. The van der Waals surface area contributed by atoms with Crippen molar-refractivity contribution in [3.05, 3.63) is 46.4 Å². The Bertz CT molecular complexity index is 867. The molecule has 9 heteroatoms. The zero-order valence-corrected chi connectivity index (χ0v) is 15.0. The van der Waals surface area contributed by atoms with Gasteiger partial charge < -0.3 is 10.6 Å². The Labute approximate surface area is 148 Å². The molecule has 1 aromatic carbocycles. The van der Waals surface area contributed by atoms with E-state index < -0.39 is 23.2 Å². The van der Waals surface area contributed by atoms with Crippen LogP contribution in [0.2, 0.25) is 0 Å². The Hall–Kier alpha value is -2.71. The summed E-state index contributed by atoms with van der Waals surface area (Å²) < 4.78 is 41.1. The van der Waals surface area contributed by atoms with E-state index in [9.17, 15) is 22.8 Å². The average Bonchev–Trinajstić information content (AvgIpc) is 2.76. The van der Waals surface area contributed by atoms with Gasteiger partial charge in [-0.25, -0.2) is 4.68 Å². The molecular weight excluding hydrogens is 349 g/mol. The Kier molecular flexibility index (Phi) is 4.94. The van der Waals surface area contributed by atoms with Crippen molar-refractivity contribution in [2.45, 2.75) is 32.0 Å². The van der Waals surface area contributed by atoms with Gasteiger partial charge in [-0.15, -0.1) is 0 Å². The minimum Gasteiger partial charge on any atom is -0.393 e. The predicted octanol–water partition coefficient (Wildman–Crippen LogP) is 2.10. The highest BCUT2D eigenvalue weighted by molar-refractivity contribution is 5.82. The second kappa shape index (κ2) is 6.54. The number of nitrogens with two attached hydrogens (primary N) is 1. The molecule has 0 bridgehead atoms. The highest BCUT2D eigenvalue weighted by atomic mass is 19.4. The molecular formula is C17H21F3N4O2. The van der Waals surface area contributed by atoms with Crippen molar-refractivity contribution in [3.63, 3.8) is 0 Å². The van der Waals surface area contributed by atoms with Gasteiger partial charge in [0, 0.05) is 26.1 Å². The summed E-state index contributed by atoms with van der Waals surface area (Å²) >= 11 is 0. The van der Waals surface area contributed by atoms with Crippen LogP contribution >= 0.6 is 0 Å². The Balaban J connectivity index is 2.45. The van der Waals surface area contributed by atoms with Crippen molar-refractivity contribution in [1.29, 1.82) is 0 Å². The fourth-order valence-electron chi connectivity index (χ4n) is 2.73. The van der Waals surface area contributed by atoms with Crippen LogP contribution in [0, 0.1) is 0 Å². The number of benzene rings is 1. The standard InChI is InChI=1S/C17H21F3N4O2/c1-16(2,22(3)15(26)17(18,19)20)10-12-13(21)14(25)24(23(12)4)11-8-6-5-7-9-11/h5-9H,10,21H2,1-4H3. The molecule has 0 aliphatic carbocycles. The normalized spacial score (nSPS) is 12.3. The van der Waals surface area contributed by atoms with E-state index in [0.29, 0.717) is 16.3 Å². The molecule has 26 heavy (non-hydrogen) atoms. The van der Waals surface area contributed by atoms with E-state index in [4.69, 9.17) is 5.73 Å². The number of rotatable bonds is 4. The Morgan fingerprint density at radius 3 is 2.23 bits per heavy atom. The van der Waals surface area contributed by atoms with Crippen LogP contribution in [0.15, 0.2) is 35.1 Å². The van der Waals surface area contributed by atoms with E-state index in [2.05, 4.69) is 0 Å². The van der Waals surface area contributed by atoms with Gasteiger partial charge in [-0.2, -0.15) is 13.2 Å². The highest BCUT2D eigenvalue weighted by Crippen LogP contribution is 2.27. The van der Waals surface area contributed by atoms with Crippen LogP contribution in [0.3, 0.4) is 0 Å². The SMILES string of the molecule is CN(C(=O)C(F)(F)F)C(C)(C)Cc1c(N)c(=O)n(-c2ccccc2)n1C. The summed E-state index contributed by atoms with van der Waals surface area (Å²) in [6, 6.07) is 8.74. The quantitative estimate of drug-likeness (QED) is 0.896. The fourth-order valence-corrected chi connectivity index (χ4v) is 2.73. The van der Waals surface area contributed by atoms with Crippen LogP contribution < -0.4 is 11.3 Å². The molecule has 1 heterocycles. The highest BCUT2D eigenvalue weighted by Gasteiger charge is 2.45. The van der Waals surface area contributed by atoms with Crippen LogP contribution in [-0.2, 0) is 18.3 Å². The van der Waals surface area contributed by atoms with Gasteiger partial charge in [0.2, 0.25) is 0 Å². The van der Waals surface area contributed by atoms with Gasteiger partial charge in [0.05, 0.1) is 11.4 Å². The van der Waals surface area contributed by atoms with Crippen molar-refractivity contribution in [2.75, 3.05) is 12.8 Å². The van der Waals surface area contributed by atoms with Gasteiger partial charge >= 0.3 is 12.1 Å². The second-order valence-electron chi connectivity index (χ2n) is 6.69. The first-order chi connectivity index (χ1) is 11.9. The third kappa shape index (κ3) is 3.47. The van der Waals surface area contributed by atoms with Crippen LogP contribution in [0.1, 0.15) is 19.5 Å². The van der Waals surface area contributed by atoms with Crippen molar-refractivity contribution < 1.29 is 18.0 Å². The summed E-state index contributed by atoms with van der Waals surface area (Å²) in [6.45, 7) is 2.97. The van der Waals surface area contributed by atoms with Gasteiger partial charge in [0.15, 0.2) is 0 Å². The zero-order valence-electron chi connectivity index (χ0n) is 15.0. The first kappa shape index (κ1) is 19.6. The lowest BCUT2D eigenvalue weighted by atomic mass is 9.95. The molecule has 0 radical (unpaired) electrons. The molecule has 142 valence electrons. The lowest BCUT2D eigenvalue weighted by Crippen LogP contribution is -2.51. The number of nitrogen functional groups attached to an aromatic ring is 1. The molecule has 2 rings (SSSR count). The summed E-state index contributed by atoms with van der Waals surface area (Å²) in [5.74, 6) is -1.95. The molecule has 1 amide bonds. The summed E-state index contributed by atoms with van der Waals surface area (Å²) in [4.78, 5) is 24.7. The number of nitrogens with zero attached hydrogens (tertiary/aromatic N) is 3. The molecule has 6 nitrogen and oxygen atoms in total. The van der Waals surface area contributed by atoms with E-state index in [1.54, 1.807) is 37.4 Å². The molecule has 0 spiro atoms. The van der Waals surface area contributed by atoms with Crippen LogP contribution in [-0.4, -0.2) is 38.9 Å². The van der Waals surface area contributed by atoms with Gasteiger partial charge in [-0.05, 0) is 26.0 Å². The zero-order chi connectivity index (χ0) is 19.9. The number of anilines is 1. The van der Waals surface area contributed by atoms with E-state index >= 15 is 0 Å². The minimum atomic E-state index is -4.97. The van der Waals surface area contributed by atoms with E-state index in [-0.39, 0.29) is 12.1 Å². The molecule has 2 aromatic rings. The van der Waals surface area contributed by atoms with Crippen molar-refractivity contribution in [1.82, 2.24) is 14.3 Å². The van der Waals surface area contributed by atoms with Crippen LogP contribution in [0.4, 0.5) is 18.9 Å². The monoisotopic (exact) mass is 370 g/mol. The smallest absolute Gasteiger partial charge is 0.393 e. The lowest BCUT2D eigenvalue weighted by Gasteiger charge is -2.36. The second-order valence-corrected chi connectivity index (χ2v) is 6.69. The molecule has 2 N–H and O–H groups in total. The molecule has 0 aliphatic heterocycles. The summed E-state index contributed by atoms with van der Waals surface area (Å²) in [5.41, 5.74) is 5.13. The van der Waals surface area contributed by atoms with Gasteiger partial charge in [0.1, 0.15) is 5.69 Å². The topological polar surface area (TPSA) is 73.3 Å². The minimum absolute atomic E-state index is 0.0251. The molecule has 0 atom stereocenters. The average molecular weight is 370 g/mol. The maximum absolute atomic E-state index is 12.7. The Morgan fingerprint density at radius 2 is 1.73 bits per heavy atom. The van der Waals surface area contributed by atoms with Gasteiger partial charge in [-0.1, -0.05) is 18.2 Å². The van der Waals surface area contributed by atoms with Crippen molar-refractivity contribution >= 4 is 11.6 Å². The van der Waals surface area contributed by atoms with E-state index in [0.717, 1.165) is 7.05 Å². The molecule has 0 unspecified atom stereocenters. The number of amides is 1. The van der Waals surface area contributed by atoms with Crippen LogP contribution in [0.25, 0.3) is 5.69 Å². The summed E-state index contributed by atoms with van der Waals surface area (Å²) in [5, 5.41) is 0. The third-order valence-corrected chi connectivity index (χ3v) is 4.48. The van der Waals surface area contributed by atoms with Gasteiger partial charge in [0.25, 0.3) is 5.56 Å². The van der Waals surface area contributed by atoms with E-state index in [1.165, 1.54) is 23.2 Å². The number of carbonyl (C=O) groups excluding carboxylic acids is 1. The maximum Gasteiger partial charge on any atom is 0.471 e. The number of halogens is 3. The van der Waals surface area contributed by atoms with Crippen LogP contribution in [0.5, 0.6) is 0 Å². The largest absolute Gasteiger partial charge is 0.471 e. The predicted molar refractivity (Wildman–Crippen MR) is 92.0 cm³/mol. The summed E-state index contributed by atoms with van der Waals surface area (Å²) in [7, 11) is 2.68. The van der Waals surface area contributed by atoms with E-state index in [1.807, 2.05) is 0 Å². The van der Waals surface area contributed by atoms with Gasteiger partial charge in [-0.3, -0.25) is 14.3 Å². The number of hydrogen-bond donors (Lipinski definition) is 1. The molecule has 1 aromatic heterocycles. The number of alkyl halides is 3. The van der Waals surface area contributed by atoms with Crippen molar-refractivity contribution in [3.8, 4) is 5.69 Å². The molecule has 0 fully saturated rings. The number of para-hydroxylation sites is 1. The Morgan fingerprint density at radius 1 is 1.19 bits per heavy atom. The number of likely N-dealkylation sites (N-methyl/N-ethyl adjacent to an activating group) is 1.